The lowest BCUT2D eigenvalue weighted by atomic mass is 10.2. The van der Waals surface area contributed by atoms with Gasteiger partial charge in [0.15, 0.2) is 16.4 Å². The Hall–Kier alpha value is -2.98. The first-order chi connectivity index (χ1) is 11.6. The monoisotopic (exact) mass is 342 g/mol. The van der Waals surface area contributed by atoms with E-state index in [-0.39, 0.29) is 16.6 Å². The summed E-state index contributed by atoms with van der Waals surface area (Å²) >= 11 is 0. The number of hydrogen-bond donors (Lipinski definition) is 1. The number of ether oxygens (including phenoxy) is 2. The fraction of sp³-hybridized carbons (Fsp3) is 0.118. The third-order valence-electron chi connectivity index (χ3n) is 3.43. The summed E-state index contributed by atoms with van der Waals surface area (Å²) in [6.45, 7) is 0.548. The van der Waals surface area contributed by atoms with Crippen LogP contribution in [0.3, 0.4) is 0 Å². The van der Waals surface area contributed by atoms with E-state index in [2.05, 4.69) is 5.32 Å². The van der Waals surface area contributed by atoms with E-state index < -0.39 is 9.84 Å². The molecule has 0 aliphatic carbocycles. The number of allylic oxidation sites excluding steroid dienone is 1. The number of hydrogen-bond acceptors (Lipinski definition) is 6. The predicted octanol–water partition coefficient (Wildman–Crippen LogP) is 2.34. The molecule has 0 fully saturated rings. The summed E-state index contributed by atoms with van der Waals surface area (Å²) in [5, 5.41) is 12.0. The zero-order valence-corrected chi connectivity index (χ0v) is 13.4. The largest absolute Gasteiger partial charge is 0.454 e. The molecule has 0 atom stereocenters. The van der Waals surface area contributed by atoms with Gasteiger partial charge in [-0.05, 0) is 29.8 Å². The first kappa shape index (κ1) is 15.9. The maximum absolute atomic E-state index is 12.4. The Morgan fingerprint density at radius 1 is 1.17 bits per heavy atom. The fourth-order valence-electron chi connectivity index (χ4n) is 2.21. The second-order valence-electron chi connectivity index (χ2n) is 5.01. The van der Waals surface area contributed by atoms with E-state index in [0.717, 1.165) is 5.56 Å². The Morgan fingerprint density at radius 2 is 1.92 bits per heavy atom. The maximum atomic E-state index is 12.4. The van der Waals surface area contributed by atoms with Gasteiger partial charge in [-0.2, -0.15) is 5.26 Å². The molecular formula is C17H14N2O4S. The minimum atomic E-state index is -3.82. The first-order valence-electron chi connectivity index (χ1n) is 7.13. The van der Waals surface area contributed by atoms with E-state index in [1.54, 1.807) is 36.4 Å². The molecule has 2 aromatic rings. The molecule has 2 aromatic carbocycles. The quantitative estimate of drug-likeness (QED) is 0.839. The van der Waals surface area contributed by atoms with Crippen LogP contribution in [0.4, 0.5) is 0 Å². The van der Waals surface area contributed by atoms with Crippen molar-refractivity contribution in [3.63, 3.8) is 0 Å². The molecule has 122 valence electrons. The van der Waals surface area contributed by atoms with Gasteiger partial charge in [0, 0.05) is 12.7 Å². The van der Waals surface area contributed by atoms with Gasteiger partial charge in [-0.1, -0.05) is 24.3 Å². The number of rotatable bonds is 5. The summed E-state index contributed by atoms with van der Waals surface area (Å²) in [5.74, 6) is 1.33. The van der Waals surface area contributed by atoms with E-state index in [0.29, 0.717) is 18.0 Å². The van der Waals surface area contributed by atoms with Gasteiger partial charge < -0.3 is 14.8 Å². The molecule has 7 heteroatoms. The van der Waals surface area contributed by atoms with E-state index in [4.69, 9.17) is 9.47 Å². The summed E-state index contributed by atoms with van der Waals surface area (Å²) in [6, 6.07) is 15.0. The molecule has 0 radical (unpaired) electrons. The maximum Gasteiger partial charge on any atom is 0.231 e. The Morgan fingerprint density at radius 3 is 2.67 bits per heavy atom. The molecule has 1 N–H and O–H groups in total. The number of fused-ring (bicyclic) bond motifs is 1. The highest BCUT2D eigenvalue weighted by molar-refractivity contribution is 7.95. The van der Waals surface area contributed by atoms with Gasteiger partial charge in [0.05, 0.1) is 4.90 Å². The molecule has 1 aliphatic heterocycles. The molecule has 6 nitrogen and oxygen atoms in total. The zero-order valence-electron chi connectivity index (χ0n) is 12.6. The van der Waals surface area contributed by atoms with Crippen molar-refractivity contribution >= 4 is 9.84 Å². The number of benzene rings is 2. The zero-order chi connectivity index (χ0) is 17.0. The number of sulfone groups is 1. The molecule has 3 rings (SSSR count). The molecule has 1 heterocycles. The molecule has 0 spiro atoms. The average Bonchev–Trinajstić information content (AvgIpc) is 3.07. The molecule has 1 aliphatic rings. The SMILES string of the molecule is N#C/C(=C\NCc1ccc2c(c1)OCO2)S(=O)(=O)c1ccccc1. The predicted molar refractivity (Wildman–Crippen MR) is 86.7 cm³/mol. The van der Waals surface area contributed by atoms with Crippen molar-refractivity contribution in [2.24, 2.45) is 0 Å². The highest BCUT2D eigenvalue weighted by Gasteiger charge is 2.20. The Kier molecular flexibility index (Phi) is 4.40. The van der Waals surface area contributed by atoms with Crippen molar-refractivity contribution in [2.75, 3.05) is 6.79 Å². The van der Waals surface area contributed by atoms with E-state index in [1.807, 2.05) is 6.07 Å². The molecule has 24 heavy (non-hydrogen) atoms. The van der Waals surface area contributed by atoms with Crippen molar-refractivity contribution in [1.82, 2.24) is 5.32 Å². The van der Waals surface area contributed by atoms with Gasteiger partial charge in [-0.3, -0.25) is 0 Å². The van der Waals surface area contributed by atoms with Crippen molar-refractivity contribution in [1.29, 1.82) is 5.26 Å². The van der Waals surface area contributed by atoms with Crippen molar-refractivity contribution in [2.45, 2.75) is 11.4 Å². The lowest BCUT2D eigenvalue weighted by Crippen LogP contribution is -2.10. The van der Waals surface area contributed by atoms with Crippen molar-refractivity contribution in [3.05, 3.63) is 65.2 Å². The van der Waals surface area contributed by atoms with Gasteiger partial charge in [0.1, 0.15) is 6.07 Å². The Bertz CT molecular complexity index is 915. The van der Waals surface area contributed by atoms with Crippen LogP contribution in [0.15, 0.2) is 64.5 Å². The minimum absolute atomic E-state index is 0.0858. The minimum Gasteiger partial charge on any atom is -0.454 e. The normalized spacial score (nSPS) is 13.4. The van der Waals surface area contributed by atoms with Gasteiger partial charge in [0.25, 0.3) is 0 Å². The average molecular weight is 342 g/mol. The van der Waals surface area contributed by atoms with Crippen LogP contribution in [0.2, 0.25) is 0 Å². The molecular weight excluding hydrogens is 328 g/mol. The molecule has 0 aromatic heterocycles. The number of nitrogens with one attached hydrogen (secondary N) is 1. The standard InChI is InChI=1S/C17H14N2O4S/c18-9-15(24(20,21)14-4-2-1-3-5-14)11-19-10-13-6-7-16-17(8-13)23-12-22-16/h1-8,11,19H,10,12H2/b15-11+. The number of nitriles is 1. The Labute approximate surface area is 139 Å². The summed E-state index contributed by atoms with van der Waals surface area (Å²) in [7, 11) is -3.82. The summed E-state index contributed by atoms with van der Waals surface area (Å²) in [4.78, 5) is -0.253. The van der Waals surface area contributed by atoms with Crippen molar-refractivity contribution < 1.29 is 17.9 Å². The number of nitrogens with zero attached hydrogens (tertiary/aromatic N) is 1. The second-order valence-corrected chi connectivity index (χ2v) is 6.92. The Balaban J connectivity index is 1.74. The van der Waals surface area contributed by atoms with Crippen LogP contribution < -0.4 is 14.8 Å². The van der Waals surface area contributed by atoms with Crippen molar-refractivity contribution in [3.8, 4) is 17.6 Å². The van der Waals surface area contributed by atoms with E-state index in [9.17, 15) is 13.7 Å². The highest BCUT2D eigenvalue weighted by Crippen LogP contribution is 2.32. The van der Waals surface area contributed by atoms with Gasteiger partial charge in [0.2, 0.25) is 16.6 Å². The van der Waals surface area contributed by atoms with Gasteiger partial charge in [-0.25, -0.2) is 8.42 Å². The van der Waals surface area contributed by atoms with Gasteiger partial charge >= 0.3 is 0 Å². The van der Waals surface area contributed by atoms with E-state index in [1.165, 1.54) is 18.3 Å². The first-order valence-corrected chi connectivity index (χ1v) is 8.62. The van der Waals surface area contributed by atoms with Crippen LogP contribution in [-0.2, 0) is 16.4 Å². The summed E-state index contributed by atoms with van der Waals surface area (Å²) in [5.41, 5.74) is 0.880. The summed E-state index contributed by atoms with van der Waals surface area (Å²) < 4.78 is 35.3. The van der Waals surface area contributed by atoms with Crippen LogP contribution in [0, 0.1) is 11.3 Å². The fourth-order valence-corrected chi connectivity index (χ4v) is 3.34. The van der Waals surface area contributed by atoms with Crippen LogP contribution in [-0.4, -0.2) is 15.2 Å². The van der Waals surface area contributed by atoms with Crippen LogP contribution in [0.25, 0.3) is 0 Å². The molecule has 0 amide bonds. The van der Waals surface area contributed by atoms with Crippen LogP contribution >= 0.6 is 0 Å². The van der Waals surface area contributed by atoms with Crippen LogP contribution in [0.5, 0.6) is 11.5 Å². The highest BCUT2D eigenvalue weighted by atomic mass is 32.2. The van der Waals surface area contributed by atoms with Gasteiger partial charge in [-0.15, -0.1) is 0 Å². The lowest BCUT2D eigenvalue weighted by Gasteiger charge is -2.05. The molecule has 0 saturated carbocycles. The smallest absolute Gasteiger partial charge is 0.231 e. The topological polar surface area (TPSA) is 88.4 Å². The molecule has 0 unspecified atom stereocenters. The third-order valence-corrected chi connectivity index (χ3v) is 5.11. The lowest BCUT2D eigenvalue weighted by molar-refractivity contribution is 0.174. The molecule has 0 saturated heterocycles. The van der Waals surface area contributed by atoms with Crippen LogP contribution in [0.1, 0.15) is 5.56 Å². The molecule has 0 bridgehead atoms. The summed E-state index contributed by atoms with van der Waals surface area (Å²) in [6.07, 6.45) is 1.22. The second kappa shape index (κ2) is 6.64. The third kappa shape index (κ3) is 3.19. The van der Waals surface area contributed by atoms with E-state index >= 15 is 0 Å².